The number of hydrogen-bond acceptors (Lipinski definition) is 6. The lowest BCUT2D eigenvalue weighted by molar-refractivity contribution is 0.208. The highest BCUT2D eigenvalue weighted by atomic mass is 15.5. The Hall–Kier alpha value is -4.58. The Morgan fingerprint density at radius 2 is 1.49 bits per heavy atom. The van der Waals surface area contributed by atoms with Crippen LogP contribution in [-0.4, -0.2) is 41.3 Å². The molecule has 0 aliphatic carbocycles. The van der Waals surface area contributed by atoms with Gasteiger partial charge < -0.3 is 19.6 Å². The summed E-state index contributed by atoms with van der Waals surface area (Å²) in [5.74, 6) is 2.06. The molecule has 6 nitrogen and oxygen atoms in total. The zero-order valence-electron chi connectivity index (χ0n) is 22.4. The maximum Gasteiger partial charge on any atom is 0.161 e. The Balaban J connectivity index is 1.36. The highest BCUT2D eigenvalue weighted by Gasteiger charge is 2.56. The molecule has 4 aromatic rings. The topological polar surface area (TPSA) is 38.7 Å². The minimum absolute atomic E-state index is 0.0437. The minimum atomic E-state index is 0.0437. The van der Waals surface area contributed by atoms with Gasteiger partial charge in [-0.3, -0.25) is 0 Å². The van der Waals surface area contributed by atoms with Crippen LogP contribution in [0, 0.1) is 12.8 Å². The fourth-order valence-corrected chi connectivity index (χ4v) is 7.36. The summed E-state index contributed by atoms with van der Waals surface area (Å²) in [6, 6.07) is 25.9. The standard InChI is InChI=1S/C33H30N6/c1-20-11-5-6-12-22(20)30-34-19-27-31(35-30)37(4)33-29-28(24-14-8-10-16-26(24)39(27)33)21(2)23-13-7-9-15-25(23)38-18-17-36(3)32(29)38/h5-19,28-29,32-33H,2H2,1,3-4H3. The predicted octanol–water partition coefficient (Wildman–Crippen LogP) is 6.36. The fourth-order valence-electron chi connectivity index (χ4n) is 7.36. The van der Waals surface area contributed by atoms with E-state index >= 15 is 0 Å². The van der Waals surface area contributed by atoms with Crippen LogP contribution < -0.4 is 14.7 Å². The zero-order valence-corrected chi connectivity index (χ0v) is 22.4. The van der Waals surface area contributed by atoms with Crippen LogP contribution in [0.15, 0.2) is 98.0 Å². The summed E-state index contributed by atoms with van der Waals surface area (Å²) >= 11 is 0. The molecular weight excluding hydrogens is 480 g/mol. The van der Waals surface area contributed by atoms with E-state index in [4.69, 9.17) is 16.5 Å². The average Bonchev–Trinajstić information content (AvgIpc) is 3.45. The second kappa shape index (κ2) is 7.96. The van der Waals surface area contributed by atoms with Crippen LogP contribution in [0.1, 0.15) is 22.6 Å². The lowest BCUT2D eigenvalue weighted by Crippen LogP contribution is -2.58. The van der Waals surface area contributed by atoms with Crippen LogP contribution in [-0.2, 0) is 0 Å². The quantitative estimate of drug-likeness (QED) is 0.297. The van der Waals surface area contributed by atoms with Crippen LogP contribution in [0.4, 0.5) is 22.9 Å². The van der Waals surface area contributed by atoms with Crippen molar-refractivity contribution >= 4 is 28.5 Å². The van der Waals surface area contributed by atoms with E-state index < -0.39 is 0 Å². The number of hydrogen-bond donors (Lipinski definition) is 0. The molecule has 0 N–H and O–H groups in total. The van der Waals surface area contributed by atoms with Gasteiger partial charge in [-0.1, -0.05) is 67.2 Å². The maximum atomic E-state index is 5.19. The Labute approximate surface area is 229 Å². The molecule has 4 unspecified atom stereocenters. The molecule has 0 radical (unpaired) electrons. The lowest BCUT2D eigenvalue weighted by Gasteiger charge is -2.50. The van der Waals surface area contributed by atoms with Crippen molar-refractivity contribution in [2.45, 2.75) is 25.2 Å². The van der Waals surface area contributed by atoms with Gasteiger partial charge in [-0.2, -0.15) is 0 Å². The van der Waals surface area contributed by atoms with Crippen molar-refractivity contribution in [2.24, 2.45) is 5.92 Å². The molecule has 5 heterocycles. The molecule has 6 heteroatoms. The number of benzene rings is 3. The van der Waals surface area contributed by atoms with Crippen LogP contribution in [0.2, 0.25) is 0 Å². The molecule has 0 saturated heterocycles. The van der Waals surface area contributed by atoms with Crippen LogP contribution in [0.25, 0.3) is 17.0 Å². The summed E-state index contributed by atoms with van der Waals surface area (Å²) in [4.78, 5) is 19.7. The van der Waals surface area contributed by atoms with Crippen molar-refractivity contribution in [1.82, 2.24) is 14.9 Å². The van der Waals surface area contributed by atoms with E-state index in [0.29, 0.717) is 0 Å². The van der Waals surface area contributed by atoms with Crippen molar-refractivity contribution in [1.29, 1.82) is 0 Å². The first-order valence-electron chi connectivity index (χ1n) is 13.6. The Kier molecular flexibility index (Phi) is 4.57. The molecule has 4 aliphatic rings. The largest absolute Gasteiger partial charge is 0.358 e. The van der Waals surface area contributed by atoms with Gasteiger partial charge in [0, 0.05) is 55.1 Å². The van der Waals surface area contributed by atoms with Crippen molar-refractivity contribution in [3.63, 3.8) is 0 Å². The number of aryl methyl sites for hydroxylation is 1. The van der Waals surface area contributed by atoms with Gasteiger partial charge in [-0.25, -0.2) is 9.97 Å². The van der Waals surface area contributed by atoms with Gasteiger partial charge in [-0.05, 0) is 35.8 Å². The molecule has 0 spiro atoms. The minimum Gasteiger partial charge on any atom is -0.358 e. The van der Waals surface area contributed by atoms with E-state index in [0.717, 1.165) is 22.9 Å². The molecular formula is C33H30N6. The molecule has 0 saturated carbocycles. The van der Waals surface area contributed by atoms with Gasteiger partial charge in [0.25, 0.3) is 0 Å². The Morgan fingerprint density at radius 3 is 2.31 bits per heavy atom. The molecule has 1 aromatic heterocycles. The summed E-state index contributed by atoms with van der Waals surface area (Å²) in [6.45, 7) is 6.89. The Bertz CT molecular complexity index is 1690. The van der Waals surface area contributed by atoms with Crippen molar-refractivity contribution < 1.29 is 0 Å². The van der Waals surface area contributed by atoms with Crippen LogP contribution >= 0.6 is 0 Å². The monoisotopic (exact) mass is 510 g/mol. The summed E-state index contributed by atoms with van der Waals surface area (Å²) in [5, 5.41) is 0. The maximum absolute atomic E-state index is 5.19. The van der Waals surface area contributed by atoms with Gasteiger partial charge >= 0.3 is 0 Å². The number of rotatable bonds is 1. The smallest absolute Gasteiger partial charge is 0.161 e. The van der Waals surface area contributed by atoms with Crippen molar-refractivity contribution in [3.8, 4) is 11.4 Å². The summed E-state index contributed by atoms with van der Waals surface area (Å²) in [5.41, 5.74) is 9.43. The number of anilines is 4. The number of nitrogens with zero attached hydrogens (tertiary/aromatic N) is 6. The van der Waals surface area contributed by atoms with Gasteiger partial charge in [0.15, 0.2) is 11.6 Å². The van der Waals surface area contributed by atoms with Crippen LogP contribution in [0.3, 0.4) is 0 Å². The zero-order chi connectivity index (χ0) is 26.4. The molecule has 39 heavy (non-hydrogen) atoms. The summed E-state index contributed by atoms with van der Waals surface area (Å²) in [6.07, 6.45) is 6.61. The second-order valence-electron chi connectivity index (χ2n) is 11.1. The highest BCUT2D eigenvalue weighted by Crippen LogP contribution is 2.59. The van der Waals surface area contributed by atoms with E-state index in [1.54, 1.807) is 0 Å². The molecule has 192 valence electrons. The molecule has 0 bridgehead atoms. The van der Waals surface area contributed by atoms with Gasteiger partial charge in [-0.15, -0.1) is 0 Å². The third-order valence-corrected chi connectivity index (χ3v) is 9.06. The predicted molar refractivity (Wildman–Crippen MR) is 158 cm³/mol. The fraction of sp³-hybridized carbons (Fsp3) is 0.212. The number of para-hydroxylation sites is 2. The van der Waals surface area contributed by atoms with E-state index in [1.165, 1.54) is 33.6 Å². The van der Waals surface area contributed by atoms with Crippen molar-refractivity contribution in [3.05, 3.63) is 115 Å². The van der Waals surface area contributed by atoms with Crippen molar-refractivity contribution in [2.75, 3.05) is 28.8 Å². The normalized spacial score (nSPS) is 24.0. The SMILES string of the molecule is C=C1c2ccccc2N2C=CN(C)C2C2C1c1ccccc1N1c3cnc(-c4ccccc4C)nc3N(C)C21. The van der Waals surface area contributed by atoms with Crippen LogP contribution in [0.5, 0.6) is 0 Å². The highest BCUT2D eigenvalue weighted by molar-refractivity contribution is 5.90. The number of allylic oxidation sites excluding steroid dienone is 1. The summed E-state index contributed by atoms with van der Waals surface area (Å²) < 4.78 is 0. The van der Waals surface area contributed by atoms with Gasteiger partial charge in [0.1, 0.15) is 18.0 Å². The van der Waals surface area contributed by atoms with E-state index in [-0.39, 0.29) is 24.2 Å². The molecule has 4 aliphatic heterocycles. The first-order chi connectivity index (χ1) is 19.0. The number of fused-ring (bicyclic) bond motifs is 12. The second-order valence-corrected chi connectivity index (χ2v) is 11.1. The van der Waals surface area contributed by atoms with E-state index in [2.05, 4.69) is 126 Å². The molecule has 0 fully saturated rings. The Morgan fingerprint density at radius 1 is 0.769 bits per heavy atom. The van der Waals surface area contributed by atoms with E-state index in [9.17, 15) is 0 Å². The van der Waals surface area contributed by atoms with E-state index in [1.807, 2.05) is 6.20 Å². The first kappa shape index (κ1) is 22.4. The lowest BCUT2D eigenvalue weighted by atomic mass is 9.72. The van der Waals surface area contributed by atoms with Gasteiger partial charge in [0.2, 0.25) is 0 Å². The molecule has 3 aromatic carbocycles. The number of aromatic nitrogens is 2. The third kappa shape index (κ3) is 2.91. The third-order valence-electron chi connectivity index (χ3n) is 9.06. The van der Waals surface area contributed by atoms with Gasteiger partial charge in [0.05, 0.1) is 11.9 Å². The molecule has 4 atom stereocenters. The molecule has 8 rings (SSSR count). The average molecular weight is 511 g/mol. The molecule has 0 amide bonds. The summed E-state index contributed by atoms with van der Waals surface area (Å²) in [7, 11) is 4.38. The first-order valence-corrected chi connectivity index (χ1v) is 13.6.